The van der Waals surface area contributed by atoms with Crippen LogP contribution in [0.1, 0.15) is 31.9 Å². The van der Waals surface area contributed by atoms with E-state index in [0.717, 1.165) is 50.3 Å². The summed E-state index contributed by atoms with van der Waals surface area (Å²) in [5.74, 6) is 0.294. The quantitative estimate of drug-likeness (QED) is 0.810. The van der Waals surface area contributed by atoms with Gasteiger partial charge in [-0.2, -0.15) is 5.26 Å². The summed E-state index contributed by atoms with van der Waals surface area (Å²) in [6.45, 7) is 10.8. The molecule has 2 atom stereocenters. The van der Waals surface area contributed by atoms with Crippen molar-refractivity contribution in [3.63, 3.8) is 0 Å². The maximum absolute atomic E-state index is 12.3. The number of Topliss-reactive ketones (excluding diaryl/α,β-unsaturated/α-hetero) is 1. The van der Waals surface area contributed by atoms with E-state index in [1.807, 2.05) is 45.0 Å². The van der Waals surface area contributed by atoms with Gasteiger partial charge in [0, 0.05) is 38.1 Å². The van der Waals surface area contributed by atoms with Crippen molar-refractivity contribution < 1.29 is 9.53 Å². The molecule has 0 spiro atoms. The van der Waals surface area contributed by atoms with Crippen molar-refractivity contribution in [2.75, 3.05) is 39.3 Å². The van der Waals surface area contributed by atoms with Gasteiger partial charge in [0.1, 0.15) is 0 Å². The van der Waals surface area contributed by atoms with Crippen LogP contribution in [-0.4, -0.2) is 67.1 Å². The number of benzene rings is 1. The van der Waals surface area contributed by atoms with Gasteiger partial charge in [0.25, 0.3) is 0 Å². The van der Waals surface area contributed by atoms with Gasteiger partial charge in [-0.25, -0.2) is 0 Å². The van der Waals surface area contributed by atoms with Gasteiger partial charge in [0.15, 0.2) is 5.78 Å². The lowest BCUT2D eigenvalue weighted by atomic mass is 9.90. The summed E-state index contributed by atoms with van der Waals surface area (Å²) >= 11 is 0. The molecule has 2 aliphatic heterocycles. The largest absolute Gasteiger partial charge is 0.370 e. The minimum absolute atomic E-state index is 0.168. The van der Waals surface area contributed by atoms with Crippen LogP contribution >= 0.6 is 0 Å². The first kappa shape index (κ1) is 19.0. The Hall–Kier alpha value is -1.74. The van der Waals surface area contributed by atoms with E-state index in [9.17, 15) is 10.1 Å². The highest BCUT2D eigenvalue weighted by Crippen LogP contribution is 2.22. The van der Waals surface area contributed by atoms with E-state index in [4.69, 9.17) is 4.74 Å². The number of ketones is 1. The summed E-state index contributed by atoms with van der Waals surface area (Å²) in [6, 6.07) is 10.1. The average molecular weight is 355 g/mol. The lowest BCUT2D eigenvalue weighted by Crippen LogP contribution is -2.60. The fourth-order valence-electron chi connectivity index (χ4n) is 3.74. The highest BCUT2D eigenvalue weighted by Gasteiger charge is 2.36. The fraction of sp³-hybridized carbons (Fsp3) is 0.619. The minimum atomic E-state index is -0.284. The highest BCUT2D eigenvalue weighted by atomic mass is 16.5. The zero-order valence-electron chi connectivity index (χ0n) is 16.1. The number of hydrogen-bond donors (Lipinski definition) is 0. The number of nitriles is 1. The van der Waals surface area contributed by atoms with Crippen LogP contribution in [0.4, 0.5) is 0 Å². The van der Waals surface area contributed by atoms with Crippen LogP contribution in [0.15, 0.2) is 24.3 Å². The van der Waals surface area contributed by atoms with E-state index >= 15 is 0 Å². The highest BCUT2D eigenvalue weighted by molar-refractivity contribution is 5.85. The monoisotopic (exact) mass is 355 g/mol. The average Bonchev–Trinajstić information content (AvgIpc) is 2.58. The van der Waals surface area contributed by atoms with Crippen LogP contribution < -0.4 is 0 Å². The number of hydrogen-bond acceptors (Lipinski definition) is 5. The summed E-state index contributed by atoms with van der Waals surface area (Å²) < 4.78 is 6.10. The number of fused-ring (bicyclic) bond motifs is 2. The standard InChI is InChI=1S/C21H29N3O2/c1-21(2,3)20(25)15-24-13-18-11-23(12-19(14-24)26-18)9-8-16-6-4-5-7-17(16)10-22/h4-7,18-19H,8-9,11-15H2,1-3H3. The third-order valence-corrected chi connectivity index (χ3v) is 5.27. The zero-order valence-corrected chi connectivity index (χ0v) is 16.1. The molecule has 0 aliphatic carbocycles. The molecule has 0 radical (unpaired) electrons. The number of nitrogens with zero attached hydrogens (tertiary/aromatic N) is 3. The Labute approximate surface area is 156 Å². The number of carbonyl (C=O) groups excluding carboxylic acids is 1. The molecule has 5 nitrogen and oxygen atoms in total. The van der Waals surface area contributed by atoms with E-state index in [-0.39, 0.29) is 17.6 Å². The minimum Gasteiger partial charge on any atom is -0.370 e. The Morgan fingerprint density at radius 1 is 1.15 bits per heavy atom. The topological polar surface area (TPSA) is 56.6 Å². The molecule has 0 saturated carbocycles. The zero-order chi connectivity index (χ0) is 18.7. The maximum Gasteiger partial charge on any atom is 0.152 e. The molecular formula is C21H29N3O2. The van der Waals surface area contributed by atoms with Crippen LogP contribution in [0.5, 0.6) is 0 Å². The number of rotatable bonds is 5. The number of ether oxygens (including phenoxy) is 1. The Kier molecular flexibility index (Phi) is 5.76. The Morgan fingerprint density at radius 3 is 2.38 bits per heavy atom. The molecule has 1 aromatic rings. The second-order valence-electron chi connectivity index (χ2n) is 8.53. The first-order valence-corrected chi connectivity index (χ1v) is 9.46. The van der Waals surface area contributed by atoms with E-state index in [0.29, 0.717) is 12.3 Å². The van der Waals surface area contributed by atoms with Crippen LogP contribution in [-0.2, 0) is 16.0 Å². The molecule has 2 saturated heterocycles. The Bertz CT molecular complexity index is 675. The van der Waals surface area contributed by atoms with E-state index < -0.39 is 0 Å². The van der Waals surface area contributed by atoms with Crippen molar-refractivity contribution in [2.24, 2.45) is 5.41 Å². The molecule has 3 rings (SSSR count). The Morgan fingerprint density at radius 2 is 1.77 bits per heavy atom. The van der Waals surface area contributed by atoms with Crippen molar-refractivity contribution in [1.29, 1.82) is 5.26 Å². The van der Waals surface area contributed by atoms with Crippen molar-refractivity contribution in [1.82, 2.24) is 9.80 Å². The summed E-state index contributed by atoms with van der Waals surface area (Å²) in [6.07, 6.45) is 1.22. The van der Waals surface area contributed by atoms with Gasteiger partial charge < -0.3 is 4.74 Å². The third-order valence-electron chi connectivity index (χ3n) is 5.27. The van der Waals surface area contributed by atoms with E-state index in [2.05, 4.69) is 15.9 Å². The predicted molar refractivity (Wildman–Crippen MR) is 101 cm³/mol. The fourth-order valence-corrected chi connectivity index (χ4v) is 3.74. The molecule has 0 aromatic heterocycles. The smallest absolute Gasteiger partial charge is 0.152 e. The lowest BCUT2D eigenvalue weighted by molar-refractivity contribution is -0.147. The third kappa shape index (κ3) is 4.70. The van der Waals surface area contributed by atoms with E-state index in [1.165, 1.54) is 0 Å². The maximum atomic E-state index is 12.3. The summed E-state index contributed by atoms with van der Waals surface area (Å²) in [5, 5.41) is 9.23. The summed E-state index contributed by atoms with van der Waals surface area (Å²) in [4.78, 5) is 17.0. The molecule has 2 aliphatic rings. The number of morpholine rings is 2. The first-order chi connectivity index (χ1) is 12.3. The lowest BCUT2D eigenvalue weighted by Gasteiger charge is -2.46. The van der Waals surface area contributed by atoms with Crippen molar-refractivity contribution in [2.45, 2.75) is 39.4 Å². The van der Waals surface area contributed by atoms with Crippen molar-refractivity contribution in [3.05, 3.63) is 35.4 Å². The van der Waals surface area contributed by atoms with E-state index in [1.54, 1.807) is 0 Å². The van der Waals surface area contributed by atoms with Gasteiger partial charge in [-0.05, 0) is 18.1 Å². The number of carbonyl (C=O) groups is 1. The normalized spacial score (nSPS) is 24.2. The molecule has 26 heavy (non-hydrogen) atoms. The van der Waals surface area contributed by atoms with Crippen LogP contribution in [0.3, 0.4) is 0 Å². The molecule has 2 heterocycles. The van der Waals surface area contributed by atoms with Crippen LogP contribution in [0, 0.1) is 16.7 Å². The second kappa shape index (κ2) is 7.87. The molecule has 2 unspecified atom stereocenters. The van der Waals surface area contributed by atoms with Gasteiger partial charge in [0.05, 0.1) is 30.4 Å². The molecule has 2 fully saturated rings. The summed E-state index contributed by atoms with van der Waals surface area (Å²) in [5.41, 5.74) is 1.60. The first-order valence-electron chi connectivity index (χ1n) is 9.46. The molecular weight excluding hydrogens is 326 g/mol. The molecule has 5 heteroatoms. The molecule has 0 amide bonds. The predicted octanol–water partition coefficient (Wildman–Crippen LogP) is 2.10. The Balaban J connectivity index is 1.52. The second-order valence-corrected chi connectivity index (χ2v) is 8.53. The van der Waals surface area contributed by atoms with Crippen molar-refractivity contribution >= 4 is 5.78 Å². The van der Waals surface area contributed by atoms with Crippen molar-refractivity contribution in [3.8, 4) is 6.07 Å². The van der Waals surface area contributed by atoms with Gasteiger partial charge >= 0.3 is 0 Å². The van der Waals surface area contributed by atoms with Crippen LogP contribution in [0.2, 0.25) is 0 Å². The summed E-state index contributed by atoms with van der Waals surface area (Å²) in [7, 11) is 0. The van der Waals surface area contributed by atoms with Gasteiger partial charge in [-0.3, -0.25) is 14.6 Å². The SMILES string of the molecule is CC(C)(C)C(=O)CN1CC2CN(CCc3ccccc3C#N)CC(C1)O2. The molecule has 2 bridgehead atoms. The van der Waals surface area contributed by atoms with Gasteiger partial charge in [-0.15, -0.1) is 0 Å². The molecule has 0 N–H and O–H groups in total. The molecule has 1 aromatic carbocycles. The van der Waals surface area contributed by atoms with Crippen LogP contribution in [0.25, 0.3) is 0 Å². The van der Waals surface area contributed by atoms with Gasteiger partial charge in [0.2, 0.25) is 0 Å². The van der Waals surface area contributed by atoms with Gasteiger partial charge in [-0.1, -0.05) is 39.0 Å². The molecule has 140 valence electrons.